The van der Waals surface area contributed by atoms with Gasteiger partial charge >= 0.3 is 5.97 Å². The van der Waals surface area contributed by atoms with Gasteiger partial charge in [0.2, 0.25) is 0 Å². The van der Waals surface area contributed by atoms with E-state index in [1.165, 1.54) is 0 Å². The SMILES string of the molecule is CCc1nc(C(=O)O)c(C)c2c1[nH]c1cccc(OC(C)C)c12. The zero-order valence-corrected chi connectivity index (χ0v) is 13.7. The molecule has 0 atom stereocenters. The van der Waals surface area contributed by atoms with Crippen LogP contribution in [0.3, 0.4) is 0 Å². The average Bonchev–Trinajstić information content (AvgIpc) is 2.88. The van der Waals surface area contributed by atoms with Crippen LogP contribution in [0.25, 0.3) is 21.8 Å². The summed E-state index contributed by atoms with van der Waals surface area (Å²) in [5.74, 6) is -0.243. The number of ether oxygens (including phenoxy) is 1. The van der Waals surface area contributed by atoms with Crippen molar-refractivity contribution in [3.63, 3.8) is 0 Å². The standard InChI is InChI=1S/C18H20N2O3/c1-5-11-17-14(10(4)16(19-11)18(21)22)15-12(20-17)7-6-8-13(15)23-9(2)3/h6-9,20H,5H2,1-4H3,(H,21,22). The number of hydrogen-bond donors (Lipinski definition) is 2. The van der Waals surface area contributed by atoms with E-state index in [0.29, 0.717) is 12.0 Å². The Morgan fingerprint density at radius 3 is 2.70 bits per heavy atom. The molecule has 0 radical (unpaired) electrons. The molecule has 5 nitrogen and oxygen atoms in total. The van der Waals surface area contributed by atoms with E-state index in [4.69, 9.17) is 4.74 Å². The van der Waals surface area contributed by atoms with Gasteiger partial charge < -0.3 is 14.8 Å². The fraction of sp³-hybridized carbons (Fsp3) is 0.333. The Morgan fingerprint density at radius 2 is 2.09 bits per heavy atom. The lowest BCUT2D eigenvalue weighted by molar-refractivity contribution is 0.0689. The van der Waals surface area contributed by atoms with Crippen LogP contribution in [-0.4, -0.2) is 27.1 Å². The van der Waals surface area contributed by atoms with E-state index in [1.807, 2.05) is 39.0 Å². The number of fused-ring (bicyclic) bond motifs is 3. The number of aryl methyl sites for hydroxylation is 2. The topological polar surface area (TPSA) is 75.2 Å². The predicted molar refractivity (Wildman–Crippen MR) is 90.4 cm³/mol. The summed E-state index contributed by atoms with van der Waals surface area (Å²) in [6.07, 6.45) is 0.696. The number of nitrogens with zero attached hydrogens (tertiary/aromatic N) is 1. The Morgan fingerprint density at radius 1 is 1.35 bits per heavy atom. The van der Waals surface area contributed by atoms with E-state index in [2.05, 4.69) is 9.97 Å². The first-order chi connectivity index (χ1) is 10.9. The molecule has 1 aromatic carbocycles. The van der Waals surface area contributed by atoms with Crippen molar-refractivity contribution in [2.75, 3.05) is 0 Å². The van der Waals surface area contributed by atoms with Crippen LogP contribution in [0.5, 0.6) is 5.75 Å². The van der Waals surface area contributed by atoms with Gasteiger partial charge in [0.25, 0.3) is 0 Å². The van der Waals surface area contributed by atoms with Gasteiger partial charge in [-0.3, -0.25) is 0 Å². The van der Waals surface area contributed by atoms with Gasteiger partial charge in [0.05, 0.1) is 22.8 Å². The summed E-state index contributed by atoms with van der Waals surface area (Å²) in [5, 5.41) is 11.3. The Bertz CT molecular complexity index is 910. The van der Waals surface area contributed by atoms with Crippen molar-refractivity contribution in [2.45, 2.75) is 40.2 Å². The third kappa shape index (κ3) is 2.42. The van der Waals surface area contributed by atoms with Gasteiger partial charge in [0, 0.05) is 10.8 Å². The van der Waals surface area contributed by atoms with E-state index in [-0.39, 0.29) is 11.8 Å². The summed E-state index contributed by atoms with van der Waals surface area (Å²) in [4.78, 5) is 19.3. The number of rotatable bonds is 4. The highest BCUT2D eigenvalue weighted by atomic mass is 16.5. The van der Waals surface area contributed by atoms with E-state index in [1.54, 1.807) is 6.92 Å². The number of carboxylic acid groups (broad SMARTS) is 1. The molecule has 2 N–H and O–H groups in total. The second-order valence-electron chi connectivity index (χ2n) is 5.91. The summed E-state index contributed by atoms with van der Waals surface area (Å²) in [6, 6.07) is 5.82. The zero-order valence-electron chi connectivity index (χ0n) is 13.7. The zero-order chi connectivity index (χ0) is 16.7. The molecule has 3 rings (SSSR count). The molecule has 0 saturated heterocycles. The van der Waals surface area contributed by atoms with Crippen molar-refractivity contribution >= 4 is 27.8 Å². The number of carboxylic acids is 1. The van der Waals surface area contributed by atoms with Crippen LogP contribution in [0, 0.1) is 6.92 Å². The Labute approximate surface area is 134 Å². The number of hydrogen-bond acceptors (Lipinski definition) is 3. The lowest BCUT2D eigenvalue weighted by atomic mass is 10.0. The molecule has 3 aromatic rings. The molecule has 0 aliphatic rings. The number of pyridine rings is 1. The number of H-pyrrole nitrogens is 1. The third-order valence-corrected chi connectivity index (χ3v) is 3.95. The molecular formula is C18H20N2O3. The van der Waals surface area contributed by atoms with E-state index in [0.717, 1.165) is 33.2 Å². The van der Waals surface area contributed by atoms with Gasteiger partial charge in [0.1, 0.15) is 5.75 Å². The minimum atomic E-state index is -1.00. The van der Waals surface area contributed by atoms with Gasteiger partial charge in [0.15, 0.2) is 5.69 Å². The maximum atomic E-state index is 11.6. The highest BCUT2D eigenvalue weighted by Gasteiger charge is 2.21. The number of aromatic nitrogens is 2. The van der Waals surface area contributed by atoms with Crippen LogP contribution < -0.4 is 4.74 Å². The van der Waals surface area contributed by atoms with Crippen molar-refractivity contribution < 1.29 is 14.6 Å². The van der Waals surface area contributed by atoms with Gasteiger partial charge in [-0.2, -0.15) is 0 Å². The van der Waals surface area contributed by atoms with E-state index in [9.17, 15) is 9.90 Å². The number of nitrogens with one attached hydrogen (secondary N) is 1. The summed E-state index contributed by atoms with van der Waals surface area (Å²) >= 11 is 0. The van der Waals surface area contributed by atoms with Crippen molar-refractivity contribution in [3.8, 4) is 5.75 Å². The van der Waals surface area contributed by atoms with Gasteiger partial charge in [-0.05, 0) is 44.9 Å². The molecule has 2 heterocycles. The summed E-state index contributed by atoms with van der Waals surface area (Å²) in [5.41, 5.74) is 3.35. The summed E-state index contributed by atoms with van der Waals surface area (Å²) in [6.45, 7) is 7.72. The van der Waals surface area contributed by atoms with Crippen molar-refractivity contribution in [1.82, 2.24) is 9.97 Å². The maximum Gasteiger partial charge on any atom is 0.354 e. The monoisotopic (exact) mass is 312 g/mol. The second kappa shape index (κ2) is 5.57. The quantitative estimate of drug-likeness (QED) is 0.761. The van der Waals surface area contributed by atoms with Gasteiger partial charge in [-0.25, -0.2) is 9.78 Å². The van der Waals surface area contributed by atoms with Crippen LogP contribution in [-0.2, 0) is 6.42 Å². The molecular weight excluding hydrogens is 292 g/mol. The Hall–Kier alpha value is -2.56. The predicted octanol–water partition coefficient (Wildman–Crippen LogP) is 4.07. The largest absolute Gasteiger partial charge is 0.490 e. The van der Waals surface area contributed by atoms with Gasteiger partial charge in [-0.1, -0.05) is 13.0 Å². The molecule has 0 saturated carbocycles. The Kier molecular flexibility index (Phi) is 3.72. The van der Waals surface area contributed by atoms with Crippen molar-refractivity contribution in [3.05, 3.63) is 35.2 Å². The molecule has 0 spiro atoms. The smallest absolute Gasteiger partial charge is 0.354 e. The van der Waals surface area contributed by atoms with Crippen LogP contribution in [0.1, 0.15) is 42.5 Å². The van der Waals surface area contributed by atoms with E-state index >= 15 is 0 Å². The molecule has 0 aliphatic carbocycles. The molecule has 23 heavy (non-hydrogen) atoms. The third-order valence-electron chi connectivity index (χ3n) is 3.95. The minimum absolute atomic E-state index is 0.0392. The van der Waals surface area contributed by atoms with Crippen LogP contribution in [0.2, 0.25) is 0 Å². The molecule has 120 valence electrons. The fourth-order valence-electron chi connectivity index (χ4n) is 3.02. The number of aromatic carboxylic acids is 1. The van der Waals surface area contributed by atoms with Crippen LogP contribution in [0.4, 0.5) is 0 Å². The average molecular weight is 312 g/mol. The number of benzene rings is 1. The highest BCUT2D eigenvalue weighted by Crippen LogP contribution is 2.37. The molecule has 0 bridgehead atoms. The van der Waals surface area contributed by atoms with Crippen molar-refractivity contribution in [1.29, 1.82) is 0 Å². The normalized spacial score (nSPS) is 11.5. The lowest BCUT2D eigenvalue weighted by Gasteiger charge is -2.12. The Balaban J connectivity index is 2.48. The highest BCUT2D eigenvalue weighted by molar-refractivity contribution is 6.14. The minimum Gasteiger partial charge on any atom is -0.490 e. The molecule has 5 heteroatoms. The summed E-state index contributed by atoms with van der Waals surface area (Å²) < 4.78 is 5.93. The second-order valence-corrected chi connectivity index (χ2v) is 5.91. The van der Waals surface area contributed by atoms with Crippen LogP contribution in [0.15, 0.2) is 18.2 Å². The number of carbonyl (C=O) groups is 1. The molecule has 0 aliphatic heterocycles. The molecule has 0 amide bonds. The summed E-state index contributed by atoms with van der Waals surface area (Å²) in [7, 11) is 0. The van der Waals surface area contributed by atoms with Crippen molar-refractivity contribution in [2.24, 2.45) is 0 Å². The number of aromatic amines is 1. The maximum absolute atomic E-state index is 11.6. The van der Waals surface area contributed by atoms with Gasteiger partial charge in [-0.15, -0.1) is 0 Å². The fourth-order valence-corrected chi connectivity index (χ4v) is 3.02. The first kappa shape index (κ1) is 15.3. The van der Waals surface area contributed by atoms with Crippen LogP contribution >= 0.6 is 0 Å². The molecule has 0 unspecified atom stereocenters. The lowest BCUT2D eigenvalue weighted by Crippen LogP contribution is -2.07. The first-order valence-corrected chi connectivity index (χ1v) is 7.77. The van der Waals surface area contributed by atoms with E-state index < -0.39 is 5.97 Å². The molecule has 0 fully saturated rings. The first-order valence-electron chi connectivity index (χ1n) is 7.77. The molecule has 2 aromatic heterocycles.